The molecule has 4 nitrogen and oxygen atoms in total. The zero-order chi connectivity index (χ0) is 17.1. The second-order valence-electron chi connectivity index (χ2n) is 5.61. The lowest BCUT2D eigenvalue weighted by atomic mass is 10.0. The first kappa shape index (κ1) is 17.2. The van der Waals surface area contributed by atoms with E-state index in [2.05, 4.69) is 30.1 Å². The maximum absolute atomic E-state index is 6.53. The normalized spacial score (nSPS) is 11.3. The SMILES string of the molecule is COCCOCn1c(=S)[nH]c2cc(-c3cccc(C)c3)c(Cl)cc21. The van der Waals surface area contributed by atoms with Crippen LogP contribution in [0.4, 0.5) is 0 Å². The number of halogens is 1. The van der Waals surface area contributed by atoms with Gasteiger partial charge in [0, 0.05) is 12.7 Å². The molecule has 0 unspecified atom stereocenters. The van der Waals surface area contributed by atoms with Gasteiger partial charge in [-0.3, -0.25) is 4.57 Å². The minimum absolute atomic E-state index is 0.363. The molecule has 2 aromatic carbocycles. The molecule has 3 aromatic rings. The van der Waals surface area contributed by atoms with Crippen LogP contribution in [0.5, 0.6) is 0 Å². The molecule has 1 aromatic heterocycles. The molecule has 1 N–H and O–H groups in total. The first-order valence-electron chi connectivity index (χ1n) is 7.66. The summed E-state index contributed by atoms with van der Waals surface area (Å²) >= 11 is 11.9. The molecule has 1 heterocycles. The number of H-pyrrole nitrogens is 1. The van der Waals surface area contributed by atoms with Crippen LogP contribution in [-0.2, 0) is 16.2 Å². The van der Waals surface area contributed by atoms with Crippen LogP contribution in [0, 0.1) is 11.7 Å². The van der Waals surface area contributed by atoms with Gasteiger partial charge >= 0.3 is 0 Å². The summed E-state index contributed by atoms with van der Waals surface area (Å²) in [6.45, 7) is 3.49. The van der Waals surface area contributed by atoms with Gasteiger partial charge in [-0.15, -0.1) is 0 Å². The highest BCUT2D eigenvalue weighted by molar-refractivity contribution is 7.71. The number of ether oxygens (including phenoxy) is 2. The molecule has 24 heavy (non-hydrogen) atoms. The minimum Gasteiger partial charge on any atom is -0.382 e. The summed E-state index contributed by atoms with van der Waals surface area (Å²) in [5.41, 5.74) is 5.14. The predicted molar refractivity (Wildman–Crippen MR) is 100 cm³/mol. The highest BCUT2D eigenvalue weighted by Gasteiger charge is 2.11. The van der Waals surface area contributed by atoms with Crippen LogP contribution in [0.15, 0.2) is 36.4 Å². The predicted octanol–water partition coefficient (Wildman–Crippen LogP) is 4.95. The molecular formula is C18H19ClN2O2S. The smallest absolute Gasteiger partial charge is 0.180 e. The van der Waals surface area contributed by atoms with E-state index in [9.17, 15) is 0 Å². The monoisotopic (exact) mass is 362 g/mol. The molecule has 0 aliphatic rings. The maximum Gasteiger partial charge on any atom is 0.180 e. The number of aromatic amines is 1. The Morgan fingerprint density at radius 2 is 2.04 bits per heavy atom. The second-order valence-corrected chi connectivity index (χ2v) is 6.40. The van der Waals surface area contributed by atoms with Gasteiger partial charge < -0.3 is 14.5 Å². The molecule has 6 heteroatoms. The Balaban J connectivity index is 1.99. The van der Waals surface area contributed by atoms with Crippen LogP contribution in [0.3, 0.4) is 0 Å². The van der Waals surface area contributed by atoms with E-state index in [-0.39, 0.29) is 0 Å². The number of rotatable bonds is 6. The number of aryl methyl sites for hydroxylation is 1. The van der Waals surface area contributed by atoms with E-state index in [1.807, 2.05) is 22.8 Å². The third-order valence-electron chi connectivity index (χ3n) is 3.84. The molecule has 0 aliphatic heterocycles. The van der Waals surface area contributed by atoms with Crippen molar-refractivity contribution >= 4 is 34.9 Å². The number of hydrogen-bond donors (Lipinski definition) is 1. The fourth-order valence-electron chi connectivity index (χ4n) is 2.64. The number of nitrogens with one attached hydrogen (secondary N) is 1. The van der Waals surface area contributed by atoms with Gasteiger partial charge in [0.25, 0.3) is 0 Å². The first-order valence-corrected chi connectivity index (χ1v) is 8.44. The van der Waals surface area contributed by atoms with Crippen molar-refractivity contribution in [1.82, 2.24) is 9.55 Å². The zero-order valence-corrected chi connectivity index (χ0v) is 15.2. The zero-order valence-electron chi connectivity index (χ0n) is 13.6. The topological polar surface area (TPSA) is 39.2 Å². The average molecular weight is 363 g/mol. The molecule has 3 rings (SSSR count). The molecule has 0 radical (unpaired) electrons. The van der Waals surface area contributed by atoms with E-state index in [4.69, 9.17) is 33.3 Å². The maximum atomic E-state index is 6.53. The minimum atomic E-state index is 0.363. The number of benzene rings is 2. The number of fused-ring (bicyclic) bond motifs is 1. The number of methoxy groups -OCH3 is 1. The van der Waals surface area contributed by atoms with Crippen molar-refractivity contribution in [1.29, 1.82) is 0 Å². The Morgan fingerprint density at radius 1 is 1.21 bits per heavy atom. The van der Waals surface area contributed by atoms with Gasteiger partial charge in [-0.2, -0.15) is 0 Å². The van der Waals surface area contributed by atoms with Crippen LogP contribution in [-0.4, -0.2) is 29.9 Å². The van der Waals surface area contributed by atoms with E-state index >= 15 is 0 Å². The third kappa shape index (κ3) is 3.54. The highest BCUT2D eigenvalue weighted by Crippen LogP contribution is 2.32. The summed E-state index contributed by atoms with van der Waals surface area (Å²) in [5.74, 6) is 0. The van der Waals surface area contributed by atoms with Gasteiger partial charge in [-0.25, -0.2) is 0 Å². The molecule has 126 valence electrons. The Labute approximate surface area is 151 Å². The molecule has 0 atom stereocenters. The lowest BCUT2D eigenvalue weighted by Gasteiger charge is -2.09. The molecular weight excluding hydrogens is 344 g/mol. The summed E-state index contributed by atoms with van der Waals surface area (Å²) in [4.78, 5) is 3.23. The van der Waals surface area contributed by atoms with E-state index in [1.165, 1.54) is 5.56 Å². The number of aromatic nitrogens is 2. The van der Waals surface area contributed by atoms with Crippen molar-refractivity contribution in [2.75, 3.05) is 20.3 Å². The first-order chi connectivity index (χ1) is 11.6. The summed E-state index contributed by atoms with van der Waals surface area (Å²) in [5, 5.41) is 0.688. The summed E-state index contributed by atoms with van der Waals surface area (Å²) in [6, 6.07) is 12.2. The van der Waals surface area contributed by atoms with Gasteiger partial charge in [-0.05, 0) is 36.8 Å². The lowest BCUT2D eigenvalue weighted by molar-refractivity contribution is 0.0353. The van der Waals surface area contributed by atoms with Crippen molar-refractivity contribution in [2.45, 2.75) is 13.7 Å². The Kier molecular flexibility index (Phi) is 5.36. The van der Waals surface area contributed by atoms with Crippen molar-refractivity contribution in [3.8, 4) is 11.1 Å². The third-order valence-corrected chi connectivity index (χ3v) is 4.48. The highest BCUT2D eigenvalue weighted by atomic mass is 35.5. The van der Waals surface area contributed by atoms with Crippen LogP contribution >= 0.6 is 23.8 Å². The second kappa shape index (κ2) is 7.49. The molecule has 0 spiro atoms. The van der Waals surface area contributed by atoms with Crippen LogP contribution in [0.2, 0.25) is 5.02 Å². The van der Waals surface area contributed by atoms with Gasteiger partial charge in [0.15, 0.2) is 4.77 Å². The molecule has 0 saturated heterocycles. The van der Waals surface area contributed by atoms with Crippen molar-refractivity contribution in [2.24, 2.45) is 0 Å². The number of hydrogen-bond acceptors (Lipinski definition) is 3. The largest absolute Gasteiger partial charge is 0.382 e. The fourth-order valence-corrected chi connectivity index (χ4v) is 3.17. The quantitative estimate of drug-likeness (QED) is 0.498. The number of imidazole rings is 1. The Morgan fingerprint density at radius 3 is 2.79 bits per heavy atom. The Hall–Kier alpha value is -1.66. The average Bonchev–Trinajstić information content (AvgIpc) is 2.86. The molecule has 0 saturated carbocycles. The van der Waals surface area contributed by atoms with Crippen LogP contribution in [0.1, 0.15) is 5.56 Å². The van der Waals surface area contributed by atoms with E-state index < -0.39 is 0 Å². The Bertz CT molecular complexity index is 917. The fraction of sp³-hybridized carbons (Fsp3) is 0.278. The summed E-state index contributed by atoms with van der Waals surface area (Å²) < 4.78 is 13.1. The molecule has 0 bridgehead atoms. The van der Waals surface area contributed by atoms with Crippen LogP contribution < -0.4 is 0 Å². The van der Waals surface area contributed by atoms with E-state index in [0.717, 1.165) is 22.2 Å². The van der Waals surface area contributed by atoms with E-state index in [1.54, 1.807) is 7.11 Å². The van der Waals surface area contributed by atoms with Gasteiger partial charge in [0.1, 0.15) is 6.73 Å². The van der Waals surface area contributed by atoms with Gasteiger partial charge in [0.2, 0.25) is 0 Å². The van der Waals surface area contributed by atoms with Gasteiger partial charge in [0.05, 0.1) is 29.3 Å². The lowest BCUT2D eigenvalue weighted by Crippen LogP contribution is -2.07. The van der Waals surface area contributed by atoms with Crippen molar-refractivity contribution in [3.63, 3.8) is 0 Å². The van der Waals surface area contributed by atoms with Crippen molar-refractivity contribution < 1.29 is 9.47 Å². The standard InChI is InChI=1S/C18H19ClN2O2S/c1-12-4-3-5-13(8-12)14-9-16-17(10-15(14)19)21(18(24)20-16)11-23-7-6-22-2/h3-5,8-10H,6-7,11H2,1-2H3,(H,20,24). The summed E-state index contributed by atoms with van der Waals surface area (Å²) in [6.07, 6.45) is 0. The van der Waals surface area contributed by atoms with E-state index in [0.29, 0.717) is 29.7 Å². The molecule has 0 amide bonds. The van der Waals surface area contributed by atoms with Gasteiger partial charge in [-0.1, -0.05) is 41.4 Å². The molecule has 0 aliphatic carbocycles. The molecule has 0 fully saturated rings. The number of nitrogens with zero attached hydrogens (tertiary/aromatic N) is 1. The van der Waals surface area contributed by atoms with Crippen molar-refractivity contribution in [3.05, 3.63) is 51.8 Å². The van der Waals surface area contributed by atoms with Crippen LogP contribution in [0.25, 0.3) is 22.2 Å². The summed E-state index contributed by atoms with van der Waals surface area (Å²) in [7, 11) is 1.65.